The van der Waals surface area contributed by atoms with Crippen molar-refractivity contribution in [2.24, 2.45) is 5.41 Å². The van der Waals surface area contributed by atoms with Crippen molar-refractivity contribution in [3.05, 3.63) is 0 Å². The molecule has 0 spiro atoms. The Morgan fingerprint density at radius 2 is 1.89 bits per heavy atom. The molecule has 0 amide bonds. The average Bonchev–Trinajstić information content (AvgIpc) is 2.40. The van der Waals surface area contributed by atoms with Crippen molar-refractivity contribution in [3.63, 3.8) is 0 Å². The molecule has 0 heterocycles. The molecule has 1 aliphatic rings. The highest BCUT2D eigenvalue weighted by atomic mass is 19.3. The Hall–Kier alpha value is -0.140. The van der Waals surface area contributed by atoms with Gasteiger partial charge in [-0.2, -0.15) is 0 Å². The largest absolute Gasteiger partial charge is 0.250 e. The summed E-state index contributed by atoms with van der Waals surface area (Å²) < 4.78 is 25.1. The predicted octanol–water partition coefficient (Wildman–Crippen LogP) is 2.83. The molecular weight excluding hydrogens is 122 g/mol. The Morgan fingerprint density at radius 3 is 1.89 bits per heavy atom. The van der Waals surface area contributed by atoms with E-state index in [4.69, 9.17) is 0 Å². The second kappa shape index (κ2) is 1.68. The van der Waals surface area contributed by atoms with E-state index in [-0.39, 0.29) is 0 Å². The molecule has 54 valence electrons. The number of rotatable bonds is 2. The molecule has 0 nitrogen and oxygen atoms in total. The maximum atomic E-state index is 12.6. The summed E-state index contributed by atoms with van der Waals surface area (Å²) in [5.74, 6) is -2.44. The lowest BCUT2D eigenvalue weighted by molar-refractivity contribution is -0.0558. The molecule has 9 heavy (non-hydrogen) atoms. The van der Waals surface area contributed by atoms with Crippen molar-refractivity contribution in [2.45, 2.75) is 39.0 Å². The summed E-state index contributed by atoms with van der Waals surface area (Å²) in [4.78, 5) is 0. The zero-order valence-corrected chi connectivity index (χ0v) is 5.88. The zero-order chi connectivity index (χ0) is 7.12. The van der Waals surface area contributed by atoms with Crippen LogP contribution in [0, 0.1) is 5.41 Å². The summed E-state index contributed by atoms with van der Waals surface area (Å²) in [6.07, 6.45) is 2.05. The standard InChI is InChI=1S/C7H12F2/c1-3-7(4-5-7)6(2,8)9/h3-5H2,1-2H3. The van der Waals surface area contributed by atoms with Crippen molar-refractivity contribution in [1.82, 2.24) is 0 Å². The van der Waals surface area contributed by atoms with Crippen molar-refractivity contribution in [3.8, 4) is 0 Å². The quantitative estimate of drug-likeness (QED) is 0.544. The van der Waals surface area contributed by atoms with Gasteiger partial charge in [0.05, 0.1) is 0 Å². The molecule has 1 fully saturated rings. The molecule has 0 radical (unpaired) electrons. The van der Waals surface area contributed by atoms with Gasteiger partial charge in [0.1, 0.15) is 0 Å². The third-order valence-corrected chi connectivity index (χ3v) is 2.46. The van der Waals surface area contributed by atoms with Crippen LogP contribution < -0.4 is 0 Å². The van der Waals surface area contributed by atoms with Gasteiger partial charge in [0.25, 0.3) is 5.92 Å². The van der Waals surface area contributed by atoms with E-state index < -0.39 is 11.3 Å². The number of hydrogen-bond donors (Lipinski definition) is 0. The van der Waals surface area contributed by atoms with Crippen molar-refractivity contribution < 1.29 is 8.78 Å². The van der Waals surface area contributed by atoms with Gasteiger partial charge in [0, 0.05) is 5.41 Å². The van der Waals surface area contributed by atoms with E-state index in [9.17, 15) is 8.78 Å². The molecule has 1 aliphatic carbocycles. The Kier molecular flexibility index (Phi) is 1.30. The van der Waals surface area contributed by atoms with E-state index in [1.165, 1.54) is 0 Å². The van der Waals surface area contributed by atoms with Gasteiger partial charge in [-0.05, 0) is 26.2 Å². The van der Waals surface area contributed by atoms with Gasteiger partial charge < -0.3 is 0 Å². The normalized spacial score (nSPS) is 24.0. The fraction of sp³-hybridized carbons (Fsp3) is 1.00. The fourth-order valence-corrected chi connectivity index (χ4v) is 1.25. The molecule has 0 aliphatic heterocycles. The Bertz CT molecular complexity index is 109. The predicted molar refractivity (Wildman–Crippen MR) is 32.6 cm³/mol. The van der Waals surface area contributed by atoms with E-state index >= 15 is 0 Å². The molecule has 0 atom stereocenters. The van der Waals surface area contributed by atoms with E-state index in [0.717, 1.165) is 6.92 Å². The highest BCUT2D eigenvalue weighted by Crippen LogP contribution is 2.58. The van der Waals surface area contributed by atoms with Gasteiger partial charge in [0.15, 0.2) is 0 Å². The monoisotopic (exact) mass is 134 g/mol. The summed E-state index contributed by atoms with van der Waals surface area (Å²) in [7, 11) is 0. The second-order valence-corrected chi connectivity index (χ2v) is 3.02. The van der Waals surface area contributed by atoms with Gasteiger partial charge in [-0.1, -0.05) is 6.92 Å². The van der Waals surface area contributed by atoms with Crippen molar-refractivity contribution >= 4 is 0 Å². The lowest BCUT2D eigenvalue weighted by Gasteiger charge is -2.20. The first-order valence-electron chi connectivity index (χ1n) is 3.40. The third-order valence-electron chi connectivity index (χ3n) is 2.46. The Labute approximate surface area is 54.3 Å². The van der Waals surface area contributed by atoms with Crippen LogP contribution in [0.25, 0.3) is 0 Å². The van der Waals surface area contributed by atoms with Gasteiger partial charge in [-0.25, -0.2) is 8.78 Å². The molecule has 0 N–H and O–H groups in total. The topological polar surface area (TPSA) is 0 Å². The highest BCUT2D eigenvalue weighted by molar-refractivity contribution is 5.00. The number of alkyl halides is 2. The van der Waals surface area contributed by atoms with Gasteiger partial charge in [-0.3, -0.25) is 0 Å². The van der Waals surface area contributed by atoms with Gasteiger partial charge in [-0.15, -0.1) is 0 Å². The second-order valence-electron chi connectivity index (χ2n) is 3.02. The summed E-state index contributed by atoms with van der Waals surface area (Å²) in [6.45, 7) is 2.87. The minimum atomic E-state index is -2.44. The van der Waals surface area contributed by atoms with E-state index in [2.05, 4.69) is 0 Å². The summed E-state index contributed by atoms with van der Waals surface area (Å²) in [6, 6.07) is 0. The molecule has 0 bridgehead atoms. The van der Waals surface area contributed by atoms with Crippen molar-refractivity contribution in [2.75, 3.05) is 0 Å². The minimum Gasteiger partial charge on any atom is -0.207 e. The summed E-state index contributed by atoms with van der Waals surface area (Å²) >= 11 is 0. The van der Waals surface area contributed by atoms with Crippen LogP contribution in [0.15, 0.2) is 0 Å². The van der Waals surface area contributed by atoms with Crippen LogP contribution in [0.3, 0.4) is 0 Å². The van der Waals surface area contributed by atoms with Crippen LogP contribution in [0.4, 0.5) is 8.78 Å². The average molecular weight is 134 g/mol. The molecule has 1 rings (SSSR count). The first-order valence-corrected chi connectivity index (χ1v) is 3.40. The maximum Gasteiger partial charge on any atom is 0.250 e. The van der Waals surface area contributed by atoms with E-state index in [1.54, 1.807) is 0 Å². The van der Waals surface area contributed by atoms with Crippen LogP contribution in [0.2, 0.25) is 0 Å². The molecule has 0 aromatic rings. The van der Waals surface area contributed by atoms with Crippen LogP contribution in [-0.4, -0.2) is 5.92 Å². The third kappa shape index (κ3) is 0.950. The van der Waals surface area contributed by atoms with Gasteiger partial charge >= 0.3 is 0 Å². The highest BCUT2D eigenvalue weighted by Gasteiger charge is 2.57. The summed E-state index contributed by atoms with van der Waals surface area (Å²) in [5.41, 5.74) is -0.604. The van der Waals surface area contributed by atoms with Crippen LogP contribution in [-0.2, 0) is 0 Å². The van der Waals surface area contributed by atoms with E-state index in [0.29, 0.717) is 19.3 Å². The smallest absolute Gasteiger partial charge is 0.207 e. The van der Waals surface area contributed by atoms with Crippen LogP contribution in [0.1, 0.15) is 33.1 Å². The summed E-state index contributed by atoms with van der Waals surface area (Å²) in [5, 5.41) is 0. The first kappa shape index (κ1) is 6.97. The lowest BCUT2D eigenvalue weighted by Crippen LogP contribution is -2.24. The SMILES string of the molecule is CCC1(C(C)(F)F)CC1. The van der Waals surface area contributed by atoms with Crippen LogP contribution >= 0.6 is 0 Å². The Balaban J connectivity index is 2.60. The zero-order valence-electron chi connectivity index (χ0n) is 5.88. The molecule has 2 heteroatoms. The van der Waals surface area contributed by atoms with Crippen molar-refractivity contribution in [1.29, 1.82) is 0 Å². The molecule has 1 saturated carbocycles. The van der Waals surface area contributed by atoms with Gasteiger partial charge in [0.2, 0.25) is 0 Å². The molecular formula is C7H12F2. The number of hydrogen-bond acceptors (Lipinski definition) is 0. The first-order chi connectivity index (χ1) is 4.02. The molecule has 0 aromatic carbocycles. The number of halogens is 2. The lowest BCUT2D eigenvalue weighted by atomic mass is 9.97. The molecule has 0 saturated heterocycles. The Morgan fingerprint density at radius 1 is 1.44 bits per heavy atom. The van der Waals surface area contributed by atoms with Crippen LogP contribution in [0.5, 0.6) is 0 Å². The minimum absolute atomic E-state index is 0.604. The van der Waals surface area contributed by atoms with E-state index in [1.807, 2.05) is 6.92 Å². The maximum absolute atomic E-state index is 12.6. The molecule has 0 unspecified atom stereocenters. The fourth-order valence-electron chi connectivity index (χ4n) is 1.25. The molecule has 0 aromatic heterocycles.